The Kier molecular flexibility index (Phi) is 4.22. The largest absolute Gasteiger partial charge is 0.371 e. The quantitative estimate of drug-likeness (QED) is 0.775. The minimum Gasteiger partial charge on any atom is -0.371 e. The lowest BCUT2D eigenvalue weighted by Crippen LogP contribution is -2.33. The number of benzene rings is 1. The molecule has 0 bridgehead atoms. The molecule has 0 unspecified atom stereocenters. The summed E-state index contributed by atoms with van der Waals surface area (Å²) in [7, 11) is 0. The first-order chi connectivity index (χ1) is 12.2. The zero-order valence-electron chi connectivity index (χ0n) is 14.2. The lowest BCUT2D eigenvalue weighted by Gasteiger charge is -2.33. The van der Waals surface area contributed by atoms with Gasteiger partial charge in [0.15, 0.2) is 0 Å². The minimum absolute atomic E-state index is 0.191. The van der Waals surface area contributed by atoms with Crippen molar-refractivity contribution >= 4 is 5.69 Å². The number of aryl methyl sites for hydroxylation is 1. The zero-order chi connectivity index (χ0) is 17.2. The van der Waals surface area contributed by atoms with Crippen molar-refractivity contribution in [3.8, 4) is 11.3 Å². The van der Waals surface area contributed by atoms with Gasteiger partial charge in [-0.1, -0.05) is 12.1 Å². The first-order valence-corrected chi connectivity index (χ1v) is 8.67. The molecule has 1 N–H and O–H groups in total. The van der Waals surface area contributed by atoms with Crippen LogP contribution in [0.15, 0.2) is 48.9 Å². The second-order valence-corrected chi connectivity index (χ2v) is 6.60. The van der Waals surface area contributed by atoms with Crippen molar-refractivity contribution in [2.24, 2.45) is 0 Å². The molecule has 128 valence electrons. The standard InChI is InChI=1S/C20H21FN4/c1-14-2-3-16(12-18(14)21)19-13-17(4-7-22-19)25-10-5-15(6-11-25)20-23-8-9-24-20/h2-4,7-9,12-13,15H,5-6,10-11H2,1H3,(H,23,24). The Morgan fingerprint density at radius 1 is 1.08 bits per heavy atom. The van der Waals surface area contributed by atoms with Crippen molar-refractivity contribution < 1.29 is 4.39 Å². The molecule has 5 heteroatoms. The smallest absolute Gasteiger partial charge is 0.126 e. The predicted molar refractivity (Wildman–Crippen MR) is 97.1 cm³/mol. The average molecular weight is 336 g/mol. The molecule has 1 aromatic carbocycles. The number of halogens is 1. The van der Waals surface area contributed by atoms with Gasteiger partial charge in [-0.05, 0) is 43.5 Å². The van der Waals surface area contributed by atoms with Crippen LogP contribution < -0.4 is 4.90 Å². The number of imidazole rings is 1. The Hall–Kier alpha value is -2.69. The Morgan fingerprint density at radius 3 is 2.64 bits per heavy atom. The first-order valence-electron chi connectivity index (χ1n) is 8.67. The van der Waals surface area contributed by atoms with E-state index in [9.17, 15) is 4.39 Å². The van der Waals surface area contributed by atoms with Crippen LogP contribution in [0.5, 0.6) is 0 Å². The molecule has 4 rings (SSSR count). The van der Waals surface area contributed by atoms with E-state index in [-0.39, 0.29) is 5.82 Å². The highest BCUT2D eigenvalue weighted by atomic mass is 19.1. The van der Waals surface area contributed by atoms with Gasteiger partial charge in [-0.2, -0.15) is 0 Å². The van der Waals surface area contributed by atoms with E-state index in [4.69, 9.17) is 0 Å². The highest BCUT2D eigenvalue weighted by molar-refractivity contribution is 5.65. The van der Waals surface area contributed by atoms with Crippen molar-refractivity contribution in [3.05, 3.63) is 66.1 Å². The summed E-state index contributed by atoms with van der Waals surface area (Å²) in [5, 5.41) is 0. The molecule has 1 aliphatic heterocycles. The number of piperidine rings is 1. The van der Waals surface area contributed by atoms with Crippen LogP contribution in [0.2, 0.25) is 0 Å². The fourth-order valence-corrected chi connectivity index (χ4v) is 3.44. The van der Waals surface area contributed by atoms with Crippen molar-refractivity contribution in [2.75, 3.05) is 18.0 Å². The molecule has 2 aromatic heterocycles. The van der Waals surface area contributed by atoms with Crippen molar-refractivity contribution in [2.45, 2.75) is 25.7 Å². The van der Waals surface area contributed by atoms with E-state index in [1.807, 2.05) is 24.5 Å². The van der Waals surface area contributed by atoms with Gasteiger partial charge >= 0.3 is 0 Å². The molecule has 3 aromatic rings. The van der Waals surface area contributed by atoms with E-state index in [1.165, 1.54) is 0 Å². The third-order valence-electron chi connectivity index (χ3n) is 4.98. The summed E-state index contributed by atoms with van der Waals surface area (Å²) in [5.74, 6) is 1.40. The molecule has 25 heavy (non-hydrogen) atoms. The molecule has 1 fully saturated rings. The number of aromatic nitrogens is 3. The zero-order valence-corrected chi connectivity index (χ0v) is 14.2. The van der Waals surface area contributed by atoms with Gasteiger partial charge in [-0.25, -0.2) is 9.37 Å². The number of rotatable bonds is 3. The molecule has 1 saturated heterocycles. The molecule has 0 saturated carbocycles. The highest BCUT2D eigenvalue weighted by Gasteiger charge is 2.22. The summed E-state index contributed by atoms with van der Waals surface area (Å²) < 4.78 is 13.9. The maximum atomic E-state index is 13.9. The molecule has 0 atom stereocenters. The van der Waals surface area contributed by atoms with Crippen LogP contribution in [0.4, 0.5) is 10.1 Å². The van der Waals surface area contributed by atoms with Crippen LogP contribution in [-0.4, -0.2) is 28.0 Å². The third-order valence-corrected chi connectivity index (χ3v) is 4.98. The van der Waals surface area contributed by atoms with E-state index in [1.54, 1.807) is 25.3 Å². The van der Waals surface area contributed by atoms with Gasteiger partial charge in [0.25, 0.3) is 0 Å². The number of aromatic amines is 1. The molecule has 0 amide bonds. The van der Waals surface area contributed by atoms with E-state index in [0.29, 0.717) is 11.5 Å². The summed E-state index contributed by atoms with van der Waals surface area (Å²) in [6.07, 6.45) is 7.66. The number of nitrogens with one attached hydrogen (secondary N) is 1. The number of nitrogens with zero attached hydrogens (tertiary/aromatic N) is 3. The van der Waals surface area contributed by atoms with Gasteiger partial charge in [0.05, 0.1) is 5.69 Å². The molecule has 0 aliphatic carbocycles. The molecular formula is C20H21FN4. The maximum absolute atomic E-state index is 13.9. The summed E-state index contributed by atoms with van der Waals surface area (Å²) in [5.41, 5.74) is 3.42. The van der Waals surface area contributed by atoms with Gasteiger partial charge in [0, 0.05) is 48.8 Å². The van der Waals surface area contributed by atoms with E-state index in [2.05, 4.69) is 25.9 Å². The monoisotopic (exact) mass is 336 g/mol. The summed E-state index contributed by atoms with van der Waals surface area (Å²) in [6, 6.07) is 9.37. The fourth-order valence-electron chi connectivity index (χ4n) is 3.44. The molecule has 1 aliphatic rings. The highest BCUT2D eigenvalue weighted by Crippen LogP contribution is 2.30. The van der Waals surface area contributed by atoms with Crippen LogP contribution in [0.1, 0.15) is 30.1 Å². The summed E-state index contributed by atoms with van der Waals surface area (Å²) in [6.45, 7) is 3.74. The Bertz CT molecular complexity index is 852. The summed E-state index contributed by atoms with van der Waals surface area (Å²) in [4.78, 5) is 14.4. The second-order valence-electron chi connectivity index (χ2n) is 6.60. The first kappa shape index (κ1) is 15.8. The second kappa shape index (κ2) is 6.67. The molecular weight excluding hydrogens is 315 g/mol. The van der Waals surface area contributed by atoms with E-state index < -0.39 is 0 Å². The van der Waals surface area contributed by atoms with Crippen LogP contribution in [-0.2, 0) is 0 Å². The fraction of sp³-hybridized carbons (Fsp3) is 0.300. The van der Waals surface area contributed by atoms with Gasteiger partial charge < -0.3 is 9.88 Å². The van der Waals surface area contributed by atoms with Crippen molar-refractivity contribution in [1.82, 2.24) is 15.0 Å². The number of anilines is 1. The number of hydrogen-bond acceptors (Lipinski definition) is 3. The van der Waals surface area contributed by atoms with E-state index in [0.717, 1.165) is 48.7 Å². The van der Waals surface area contributed by atoms with Crippen molar-refractivity contribution in [1.29, 1.82) is 0 Å². The lowest BCUT2D eigenvalue weighted by molar-refractivity contribution is 0.489. The normalized spacial score (nSPS) is 15.5. The summed E-state index contributed by atoms with van der Waals surface area (Å²) >= 11 is 0. The average Bonchev–Trinajstić information content (AvgIpc) is 3.19. The Balaban J connectivity index is 1.51. The number of pyridine rings is 1. The predicted octanol–water partition coefficient (Wildman–Crippen LogP) is 4.30. The van der Waals surface area contributed by atoms with Crippen LogP contribution in [0.25, 0.3) is 11.3 Å². The van der Waals surface area contributed by atoms with Crippen LogP contribution in [0, 0.1) is 12.7 Å². The molecule has 4 nitrogen and oxygen atoms in total. The Morgan fingerprint density at radius 2 is 1.92 bits per heavy atom. The van der Waals surface area contributed by atoms with Gasteiger partial charge in [-0.3, -0.25) is 4.98 Å². The van der Waals surface area contributed by atoms with Crippen LogP contribution >= 0.6 is 0 Å². The van der Waals surface area contributed by atoms with Crippen LogP contribution in [0.3, 0.4) is 0 Å². The SMILES string of the molecule is Cc1ccc(-c2cc(N3CCC(c4ncc[nH]4)CC3)ccn2)cc1F. The van der Waals surface area contributed by atoms with Crippen molar-refractivity contribution in [3.63, 3.8) is 0 Å². The third kappa shape index (κ3) is 3.27. The van der Waals surface area contributed by atoms with Gasteiger partial charge in [0.2, 0.25) is 0 Å². The maximum Gasteiger partial charge on any atom is 0.126 e. The van der Waals surface area contributed by atoms with Gasteiger partial charge in [0.1, 0.15) is 11.6 Å². The molecule has 0 radical (unpaired) electrons. The van der Waals surface area contributed by atoms with Gasteiger partial charge in [-0.15, -0.1) is 0 Å². The minimum atomic E-state index is -0.191. The lowest BCUT2D eigenvalue weighted by atomic mass is 9.95. The Labute approximate surface area is 146 Å². The molecule has 0 spiro atoms. The molecule has 3 heterocycles. The topological polar surface area (TPSA) is 44.8 Å². The van der Waals surface area contributed by atoms with E-state index >= 15 is 0 Å². The number of hydrogen-bond donors (Lipinski definition) is 1. The number of H-pyrrole nitrogens is 1.